The van der Waals surface area contributed by atoms with Crippen LogP contribution in [0.1, 0.15) is 44.9 Å². The van der Waals surface area contributed by atoms with Gasteiger partial charge >= 0.3 is 0 Å². The molecular weight excluding hydrogens is 196 g/mol. The highest BCUT2D eigenvalue weighted by atomic mass is 15.3. The van der Waals surface area contributed by atoms with Gasteiger partial charge in [0.1, 0.15) is 0 Å². The molecule has 0 aliphatic heterocycles. The maximum Gasteiger partial charge on any atom is 0.0728 e. The molecule has 1 aromatic heterocycles. The lowest BCUT2D eigenvalue weighted by Gasteiger charge is -2.00. The first-order valence-corrected chi connectivity index (χ1v) is 6.03. The predicted octanol–water partition coefficient (Wildman–Crippen LogP) is 4.03. The number of hydrogen-bond donors (Lipinski definition) is 0. The molecule has 0 spiro atoms. The second-order valence-electron chi connectivity index (χ2n) is 4.18. The Morgan fingerprint density at radius 2 is 1.81 bits per heavy atom. The average molecular weight is 218 g/mol. The first-order valence-electron chi connectivity index (χ1n) is 6.03. The number of nitrogens with zero attached hydrogens (tertiary/aromatic N) is 2. The number of hydrogen-bond acceptors (Lipinski definition) is 1. The van der Waals surface area contributed by atoms with Crippen LogP contribution in [-0.4, -0.2) is 9.78 Å². The molecule has 0 aliphatic rings. The first kappa shape index (κ1) is 12.8. The van der Waals surface area contributed by atoms with Crippen LogP contribution in [0.25, 0.3) is 10.9 Å². The molecule has 0 bridgehead atoms. The standard InChI is InChI=1S/C12H16N2.C2H6/c1-8(2)12-10-7-9(3)5-6-11(10)14(4)13-12;1-2/h5-8H,1-4H3;1-2H3. The largest absolute Gasteiger partial charge is 0.268 e. The maximum absolute atomic E-state index is 4.55. The van der Waals surface area contributed by atoms with E-state index in [-0.39, 0.29) is 0 Å². The average Bonchev–Trinajstić information content (AvgIpc) is 2.58. The van der Waals surface area contributed by atoms with Crippen LogP contribution in [0.4, 0.5) is 0 Å². The molecule has 1 aromatic carbocycles. The molecule has 0 radical (unpaired) electrons. The second kappa shape index (κ2) is 5.15. The summed E-state index contributed by atoms with van der Waals surface area (Å²) >= 11 is 0. The molecule has 0 atom stereocenters. The van der Waals surface area contributed by atoms with E-state index in [1.807, 2.05) is 25.6 Å². The van der Waals surface area contributed by atoms with E-state index in [0.29, 0.717) is 5.92 Å². The third-order valence-electron chi connectivity index (χ3n) is 2.58. The van der Waals surface area contributed by atoms with Crippen molar-refractivity contribution in [2.24, 2.45) is 7.05 Å². The normalized spacial score (nSPS) is 10.4. The SMILES string of the molecule is CC.Cc1ccc2c(c1)c(C(C)C)nn2C. The molecule has 0 amide bonds. The smallest absolute Gasteiger partial charge is 0.0728 e. The van der Waals surface area contributed by atoms with Crippen molar-refractivity contribution in [2.75, 3.05) is 0 Å². The van der Waals surface area contributed by atoms with Crippen molar-refractivity contribution >= 4 is 10.9 Å². The van der Waals surface area contributed by atoms with Crippen LogP contribution in [0.15, 0.2) is 18.2 Å². The number of fused-ring (bicyclic) bond motifs is 1. The molecule has 1 heterocycles. The molecule has 0 saturated carbocycles. The molecule has 0 aliphatic carbocycles. The van der Waals surface area contributed by atoms with E-state index in [4.69, 9.17) is 0 Å². The van der Waals surface area contributed by atoms with Crippen molar-refractivity contribution in [3.8, 4) is 0 Å². The molecule has 2 heteroatoms. The molecular formula is C14H22N2. The van der Waals surface area contributed by atoms with Crippen molar-refractivity contribution in [3.63, 3.8) is 0 Å². The molecule has 0 saturated heterocycles. The van der Waals surface area contributed by atoms with E-state index in [2.05, 4.69) is 44.1 Å². The zero-order valence-electron chi connectivity index (χ0n) is 11.2. The number of benzene rings is 1. The van der Waals surface area contributed by atoms with E-state index in [9.17, 15) is 0 Å². The van der Waals surface area contributed by atoms with Gasteiger partial charge in [-0.15, -0.1) is 0 Å². The van der Waals surface area contributed by atoms with Crippen molar-refractivity contribution in [3.05, 3.63) is 29.5 Å². The number of aryl methyl sites for hydroxylation is 2. The minimum Gasteiger partial charge on any atom is -0.268 e. The topological polar surface area (TPSA) is 17.8 Å². The van der Waals surface area contributed by atoms with Gasteiger partial charge in [0.25, 0.3) is 0 Å². The van der Waals surface area contributed by atoms with Crippen LogP contribution in [0.2, 0.25) is 0 Å². The monoisotopic (exact) mass is 218 g/mol. The van der Waals surface area contributed by atoms with E-state index in [1.165, 1.54) is 22.2 Å². The molecule has 0 unspecified atom stereocenters. The summed E-state index contributed by atoms with van der Waals surface area (Å²) in [6.07, 6.45) is 0. The second-order valence-corrected chi connectivity index (χ2v) is 4.18. The van der Waals surface area contributed by atoms with E-state index >= 15 is 0 Å². The number of aromatic nitrogens is 2. The Balaban J connectivity index is 0.000000606. The lowest BCUT2D eigenvalue weighted by Crippen LogP contribution is -1.92. The summed E-state index contributed by atoms with van der Waals surface area (Å²) in [6, 6.07) is 6.50. The highest BCUT2D eigenvalue weighted by molar-refractivity contribution is 5.83. The van der Waals surface area contributed by atoms with Gasteiger partial charge in [0, 0.05) is 12.4 Å². The van der Waals surface area contributed by atoms with E-state index in [0.717, 1.165) is 0 Å². The fraction of sp³-hybridized carbons (Fsp3) is 0.500. The van der Waals surface area contributed by atoms with Gasteiger partial charge < -0.3 is 0 Å². The minimum atomic E-state index is 0.487. The zero-order valence-corrected chi connectivity index (χ0v) is 11.2. The van der Waals surface area contributed by atoms with Crippen LogP contribution < -0.4 is 0 Å². The van der Waals surface area contributed by atoms with Gasteiger partial charge in [0.05, 0.1) is 11.2 Å². The van der Waals surface area contributed by atoms with Crippen molar-refractivity contribution in [1.82, 2.24) is 9.78 Å². The third kappa shape index (κ3) is 2.26. The molecule has 2 aromatic rings. The van der Waals surface area contributed by atoms with Crippen molar-refractivity contribution in [2.45, 2.75) is 40.5 Å². The summed E-state index contributed by atoms with van der Waals surface area (Å²) in [7, 11) is 2.00. The van der Waals surface area contributed by atoms with Crippen LogP contribution in [0, 0.1) is 6.92 Å². The van der Waals surface area contributed by atoms with Gasteiger partial charge in [-0.2, -0.15) is 5.10 Å². The summed E-state index contributed by atoms with van der Waals surface area (Å²) in [5, 5.41) is 5.84. The summed E-state index contributed by atoms with van der Waals surface area (Å²) in [4.78, 5) is 0. The highest BCUT2D eigenvalue weighted by Crippen LogP contribution is 2.24. The molecule has 88 valence electrons. The van der Waals surface area contributed by atoms with Crippen LogP contribution in [0.3, 0.4) is 0 Å². The fourth-order valence-electron chi connectivity index (χ4n) is 1.83. The van der Waals surface area contributed by atoms with Gasteiger partial charge in [-0.1, -0.05) is 39.3 Å². The Morgan fingerprint density at radius 1 is 1.19 bits per heavy atom. The van der Waals surface area contributed by atoms with E-state index < -0.39 is 0 Å². The molecule has 0 N–H and O–H groups in total. The zero-order chi connectivity index (χ0) is 12.3. The number of rotatable bonds is 1. The maximum atomic E-state index is 4.55. The van der Waals surface area contributed by atoms with Gasteiger partial charge in [-0.3, -0.25) is 4.68 Å². The molecule has 16 heavy (non-hydrogen) atoms. The Morgan fingerprint density at radius 3 is 2.38 bits per heavy atom. The Bertz CT molecular complexity index is 467. The van der Waals surface area contributed by atoms with Crippen molar-refractivity contribution in [1.29, 1.82) is 0 Å². The summed E-state index contributed by atoms with van der Waals surface area (Å²) in [5.41, 5.74) is 3.72. The van der Waals surface area contributed by atoms with E-state index in [1.54, 1.807) is 0 Å². The fourth-order valence-corrected chi connectivity index (χ4v) is 1.83. The highest BCUT2D eigenvalue weighted by Gasteiger charge is 2.10. The van der Waals surface area contributed by atoms with Gasteiger partial charge in [0.15, 0.2) is 0 Å². The van der Waals surface area contributed by atoms with Gasteiger partial charge in [-0.25, -0.2) is 0 Å². The molecule has 2 rings (SSSR count). The van der Waals surface area contributed by atoms with Crippen LogP contribution >= 0.6 is 0 Å². The molecule has 2 nitrogen and oxygen atoms in total. The Kier molecular flexibility index (Phi) is 4.11. The van der Waals surface area contributed by atoms with Crippen LogP contribution in [-0.2, 0) is 7.05 Å². The predicted molar refractivity (Wildman–Crippen MR) is 70.9 cm³/mol. The lowest BCUT2D eigenvalue weighted by atomic mass is 10.0. The third-order valence-corrected chi connectivity index (χ3v) is 2.58. The molecule has 0 fully saturated rings. The Labute approximate surface area is 98.3 Å². The van der Waals surface area contributed by atoms with Crippen molar-refractivity contribution < 1.29 is 0 Å². The summed E-state index contributed by atoms with van der Waals surface area (Å²) in [6.45, 7) is 10.5. The summed E-state index contributed by atoms with van der Waals surface area (Å²) in [5.74, 6) is 0.487. The minimum absolute atomic E-state index is 0.487. The first-order chi connectivity index (χ1) is 7.59. The quantitative estimate of drug-likeness (QED) is 0.706. The Hall–Kier alpha value is -1.31. The lowest BCUT2D eigenvalue weighted by molar-refractivity contribution is 0.729. The van der Waals surface area contributed by atoms with Gasteiger partial charge in [0.2, 0.25) is 0 Å². The van der Waals surface area contributed by atoms with Gasteiger partial charge in [-0.05, 0) is 25.0 Å². The summed E-state index contributed by atoms with van der Waals surface area (Å²) < 4.78 is 1.96. The van der Waals surface area contributed by atoms with Crippen LogP contribution in [0.5, 0.6) is 0 Å².